The molecule has 9 nitrogen and oxygen atoms in total. The molecule has 28 heavy (non-hydrogen) atoms. The van der Waals surface area contributed by atoms with Gasteiger partial charge in [-0.1, -0.05) is 29.8 Å². The van der Waals surface area contributed by atoms with Gasteiger partial charge in [-0.3, -0.25) is 14.9 Å². The maximum Gasteiger partial charge on any atom is 0.271 e. The van der Waals surface area contributed by atoms with Crippen LogP contribution in [0.25, 0.3) is 0 Å². The molecule has 0 fully saturated rings. The molecule has 0 aliphatic carbocycles. The number of amides is 1. The van der Waals surface area contributed by atoms with E-state index in [1.807, 2.05) is 19.1 Å². The van der Waals surface area contributed by atoms with Crippen molar-refractivity contribution >= 4 is 27.3 Å². The maximum absolute atomic E-state index is 12.4. The van der Waals surface area contributed by atoms with Gasteiger partial charge in [0.1, 0.15) is 5.75 Å². The Morgan fingerprint density at radius 3 is 2.39 bits per heavy atom. The third kappa shape index (κ3) is 5.76. The minimum Gasteiger partial charge on any atom is -0.495 e. The van der Waals surface area contributed by atoms with Crippen molar-refractivity contribution in [1.82, 2.24) is 4.31 Å². The van der Waals surface area contributed by atoms with Crippen molar-refractivity contribution in [2.75, 3.05) is 25.2 Å². The number of methoxy groups -OCH3 is 1. The van der Waals surface area contributed by atoms with Crippen molar-refractivity contribution in [3.8, 4) is 5.75 Å². The summed E-state index contributed by atoms with van der Waals surface area (Å²) >= 11 is 0. The van der Waals surface area contributed by atoms with E-state index in [-0.39, 0.29) is 23.7 Å². The number of benzene rings is 2. The number of hydrogen-bond acceptors (Lipinski definition) is 6. The molecule has 0 atom stereocenters. The molecular weight excluding hydrogens is 386 g/mol. The molecule has 2 aromatic carbocycles. The molecule has 0 aromatic heterocycles. The van der Waals surface area contributed by atoms with Gasteiger partial charge in [-0.2, -0.15) is 4.31 Å². The number of carbonyl (C=O) groups excluding carboxylic acids is 1. The Balaban J connectivity index is 2.19. The van der Waals surface area contributed by atoms with Crippen LogP contribution in [-0.2, 0) is 21.4 Å². The second-order valence-electron chi connectivity index (χ2n) is 6.21. The Kier molecular flexibility index (Phi) is 6.71. The number of nitrogens with one attached hydrogen (secondary N) is 1. The van der Waals surface area contributed by atoms with Gasteiger partial charge in [-0.05, 0) is 18.6 Å². The Bertz CT molecular complexity index is 973. The second-order valence-corrected chi connectivity index (χ2v) is 8.19. The van der Waals surface area contributed by atoms with Gasteiger partial charge in [0.25, 0.3) is 5.69 Å². The number of anilines is 1. The molecule has 0 saturated carbocycles. The van der Waals surface area contributed by atoms with Crippen LogP contribution < -0.4 is 10.1 Å². The zero-order valence-electron chi connectivity index (χ0n) is 15.7. The van der Waals surface area contributed by atoms with Gasteiger partial charge in [0.05, 0.1) is 30.5 Å². The lowest BCUT2D eigenvalue weighted by molar-refractivity contribution is -0.384. The minimum absolute atomic E-state index is 0.0264. The number of nitro benzene ring substituents is 1. The van der Waals surface area contributed by atoms with Crippen molar-refractivity contribution in [2.45, 2.75) is 13.5 Å². The van der Waals surface area contributed by atoms with Gasteiger partial charge in [0, 0.05) is 18.7 Å². The van der Waals surface area contributed by atoms with E-state index in [9.17, 15) is 23.3 Å². The van der Waals surface area contributed by atoms with E-state index in [2.05, 4.69) is 5.32 Å². The summed E-state index contributed by atoms with van der Waals surface area (Å²) in [6.07, 6.45) is 1.02. The number of rotatable bonds is 8. The number of nitro groups is 1. The Morgan fingerprint density at radius 2 is 1.86 bits per heavy atom. The monoisotopic (exact) mass is 407 g/mol. The molecule has 0 spiro atoms. The fourth-order valence-corrected chi connectivity index (χ4v) is 3.18. The Labute approximate surface area is 163 Å². The van der Waals surface area contributed by atoms with Crippen LogP contribution in [0.4, 0.5) is 11.4 Å². The van der Waals surface area contributed by atoms with Gasteiger partial charge in [-0.25, -0.2) is 8.42 Å². The molecule has 10 heteroatoms. The van der Waals surface area contributed by atoms with Crippen LogP contribution in [0.1, 0.15) is 11.1 Å². The normalized spacial score (nSPS) is 11.3. The molecule has 0 bridgehead atoms. The van der Waals surface area contributed by atoms with Crippen LogP contribution in [0.15, 0.2) is 42.5 Å². The zero-order valence-corrected chi connectivity index (χ0v) is 16.5. The van der Waals surface area contributed by atoms with Crippen molar-refractivity contribution < 1.29 is 22.9 Å². The van der Waals surface area contributed by atoms with Crippen molar-refractivity contribution in [1.29, 1.82) is 0 Å². The third-order valence-corrected chi connectivity index (χ3v) is 5.13. The second kappa shape index (κ2) is 8.81. The van der Waals surface area contributed by atoms with Gasteiger partial charge >= 0.3 is 0 Å². The predicted octanol–water partition coefficient (Wildman–Crippen LogP) is 2.31. The number of ether oxygens (including phenoxy) is 1. The highest BCUT2D eigenvalue weighted by Gasteiger charge is 2.22. The molecule has 1 N–H and O–H groups in total. The molecule has 0 saturated heterocycles. The van der Waals surface area contributed by atoms with Crippen molar-refractivity contribution in [3.63, 3.8) is 0 Å². The SMILES string of the molecule is COc1ccc([N+](=O)[O-])cc1NC(=O)CN(Cc1ccc(C)cc1)S(C)(=O)=O. The van der Waals surface area contributed by atoms with Gasteiger partial charge in [0.15, 0.2) is 0 Å². The van der Waals surface area contributed by atoms with Crippen molar-refractivity contribution in [3.05, 3.63) is 63.7 Å². The summed E-state index contributed by atoms with van der Waals surface area (Å²) in [6, 6.07) is 11.0. The first-order valence-electron chi connectivity index (χ1n) is 8.23. The lowest BCUT2D eigenvalue weighted by Crippen LogP contribution is -2.37. The first-order chi connectivity index (χ1) is 13.1. The van der Waals surface area contributed by atoms with Crippen LogP contribution in [0.2, 0.25) is 0 Å². The topological polar surface area (TPSA) is 119 Å². The summed E-state index contributed by atoms with van der Waals surface area (Å²) in [4.78, 5) is 22.8. The van der Waals surface area contributed by atoms with Gasteiger partial charge in [-0.15, -0.1) is 0 Å². The fourth-order valence-electron chi connectivity index (χ4n) is 2.44. The number of sulfonamides is 1. The highest BCUT2D eigenvalue weighted by molar-refractivity contribution is 7.88. The molecule has 2 aromatic rings. The Hall–Kier alpha value is -2.98. The maximum atomic E-state index is 12.4. The fraction of sp³-hybridized carbons (Fsp3) is 0.278. The van der Waals surface area contributed by atoms with E-state index in [0.717, 1.165) is 27.8 Å². The van der Waals surface area contributed by atoms with E-state index in [0.29, 0.717) is 0 Å². The van der Waals surface area contributed by atoms with E-state index < -0.39 is 27.4 Å². The van der Waals surface area contributed by atoms with Crippen LogP contribution in [-0.4, -0.2) is 43.5 Å². The van der Waals surface area contributed by atoms with Crippen LogP contribution in [0, 0.1) is 17.0 Å². The highest BCUT2D eigenvalue weighted by Crippen LogP contribution is 2.28. The van der Waals surface area contributed by atoms with Crippen LogP contribution in [0.5, 0.6) is 5.75 Å². The number of hydrogen-bond donors (Lipinski definition) is 1. The summed E-state index contributed by atoms with van der Waals surface area (Å²) in [6.45, 7) is 1.50. The van der Waals surface area contributed by atoms with E-state index in [4.69, 9.17) is 4.74 Å². The molecule has 0 aliphatic heterocycles. The van der Waals surface area contributed by atoms with Gasteiger partial charge in [0.2, 0.25) is 15.9 Å². The number of carbonyl (C=O) groups is 1. The summed E-state index contributed by atoms with van der Waals surface area (Å²) in [5.41, 5.74) is 1.63. The molecule has 0 heterocycles. The molecule has 1 amide bonds. The summed E-state index contributed by atoms with van der Waals surface area (Å²) in [5.74, 6) is -0.417. The summed E-state index contributed by atoms with van der Waals surface area (Å²) in [7, 11) is -2.31. The molecule has 0 aliphatic rings. The summed E-state index contributed by atoms with van der Waals surface area (Å²) < 4.78 is 30.3. The third-order valence-electron chi connectivity index (χ3n) is 3.94. The lowest BCUT2D eigenvalue weighted by Gasteiger charge is -2.20. The van der Waals surface area contributed by atoms with E-state index in [1.165, 1.54) is 19.2 Å². The molecule has 150 valence electrons. The average molecular weight is 407 g/mol. The average Bonchev–Trinajstić information content (AvgIpc) is 2.62. The standard InChI is InChI=1S/C18H21N3O6S/c1-13-4-6-14(7-5-13)11-20(28(3,25)26)12-18(22)19-16-10-15(21(23)24)8-9-17(16)27-2/h4-10H,11-12H2,1-3H3,(H,19,22). The van der Waals surface area contributed by atoms with Crippen LogP contribution >= 0.6 is 0 Å². The number of non-ortho nitro benzene ring substituents is 1. The minimum atomic E-state index is -3.66. The largest absolute Gasteiger partial charge is 0.495 e. The lowest BCUT2D eigenvalue weighted by atomic mass is 10.1. The molecule has 0 radical (unpaired) electrons. The highest BCUT2D eigenvalue weighted by atomic mass is 32.2. The van der Waals surface area contributed by atoms with E-state index >= 15 is 0 Å². The number of nitrogens with zero attached hydrogens (tertiary/aromatic N) is 2. The quantitative estimate of drug-likeness (QED) is 0.530. The van der Waals surface area contributed by atoms with Crippen molar-refractivity contribution in [2.24, 2.45) is 0 Å². The molecule has 0 unspecified atom stereocenters. The van der Waals surface area contributed by atoms with Crippen LogP contribution in [0.3, 0.4) is 0 Å². The first-order valence-corrected chi connectivity index (χ1v) is 10.1. The zero-order chi connectivity index (χ0) is 20.9. The molecule has 2 rings (SSSR count). The first kappa shape index (κ1) is 21.3. The Morgan fingerprint density at radius 1 is 1.21 bits per heavy atom. The van der Waals surface area contributed by atoms with E-state index in [1.54, 1.807) is 12.1 Å². The number of aryl methyl sites for hydroxylation is 1. The summed E-state index contributed by atoms with van der Waals surface area (Å²) in [5, 5.41) is 13.4. The molecular formula is C18H21N3O6S. The predicted molar refractivity (Wildman–Crippen MR) is 105 cm³/mol. The smallest absolute Gasteiger partial charge is 0.271 e. The van der Waals surface area contributed by atoms with Gasteiger partial charge < -0.3 is 10.1 Å².